The lowest BCUT2D eigenvalue weighted by Crippen LogP contribution is -2.27. The van der Waals surface area contributed by atoms with Gasteiger partial charge in [-0.2, -0.15) is 0 Å². The Morgan fingerprint density at radius 1 is 1.00 bits per heavy atom. The van der Waals surface area contributed by atoms with Gasteiger partial charge in [-0.25, -0.2) is 0 Å². The van der Waals surface area contributed by atoms with Crippen molar-refractivity contribution in [3.8, 4) is 0 Å². The highest BCUT2D eigenvalue weighted by Gasteiger charge is 2.35. The van der Waals surface area contributed by atoms with E-state index in [0.717, 1.165) is 6.42 Å². The van der Waals surface area contributed by atoms with Crippen LogP contribution in [0, 0.1) is 5.92 Å². The van der Waals surface area contributed by atoms with E-state index >= 15 is 0 Å². The number of rotatable bonds is 5. The zero-order chi connectivity index (χ0) is 16.1. The van der Waals surface area contributed by atoms with E-state index in [4.69, 9.17) is 4.74 Å². The molecule has 3 heteroatoms. The first-order chi connectivity index (χ1) is 11.3. The van der Waals surface area contributed by atoms with E-state index in [1.165, 1.54) is 30.4 Å². The summed E-state index contributed by atoms with van der Waals surface area (Å²) in [5.41, 5.74) is 0.592. The summed E-state index contributed by atoms with van der Waals surface area (Å²) in [5, 5.41) is 2.85. The molecule has 0 saturated heterocycles. The van der Waals surface area contributed by atoms with Crippen molar-refractivity contribution < 1.29 is 9.53 Å². The molecule has 2 aromatic carbocycles. The van der Waals surface area contributed by atoms with Crippen molar-refractivity contribution in [2.24, 2.45) is 5.92 Å². The Hall–Kier alpha value is -1.66. The summed E-state index contributed by atoms with van der Waals surface area (Å²) in [6, 6.07) is 21.7. The van der Waals surface area contributed by atoms with Gasteiger partial charge in [0, 0.05) is 12.8 Å². The third-order valence-corrected chi connectivity index (χ3v) is 7.57. The standard InChI is InChI=1S/C20H23O2P/c1-16(21)22-15-17-9-8-14-20(17)23(18-10-4-2-5-11-18)19-12-6-3-7-13-19/h2-7,10-13,17,20H,8-9,14-15H2,1H3/t17-,20?/m1/s1. The molecule has 2 atom stereocenters. The predicted molar refractivity (Wildman–Crippen MR) is 96.8 cm³/mol. The third kappa shape index (κ3) is 4.00. The third-order valence-electron chi connectivity index (χ3n) is 4.52. The van der Waals surface area contributed by atoms with Crippen molar-refractivity contribution in [2.45, 2.75) is 31.8 Å². The highest BCUT2D eigenvalue weighted by Crippen LogP contribution is 2.50. The Balaban J connectivity index is 1.90. The molecule has 1 aliphatic rings. The average Bonchev–Trinajstić information content (AvgIpc) is 3.03. The molecule has 0 N–H and O–H groups in total. The van der Waals surface area contributed by atoms with Crippen LogP contribution in [0.15, 0.2) is 60.7 Å². The van der Waals surface area contributed by atoms with Crippen LogP contribution in [0.5, 0.6) is 0 Å². The topological polar surface area (TPSA) is 26.3 Å². The largest absolute Gasteiger partial charge is 0.466 e. The number of carbonyl (C=O) groups is 1. The van der Waals surface area contributed by atoms with Crippen molar-refractivity contribution in [3.05, 3.63) is 60.7 Å². The summed E-state index contributed by atoms with van der Waals surface area (Å²) >= 11 is 0. The minimum absolute atomic E-state index is 0.167. The number of hydrogen-bond acceptors (Lipinski definition) is 2. The fourth-order valence-electron chi connectivity index (χ4n) is 3.49. The average molecular weight is 326 g/mol. The SMILES string of the molecule is CC(=O)OC[C@H]1CCCC1P(c1ccccc1)c1ccccc1. The van der Waals surface area contributed by atoms with Gasteiger partial charge in [0.05, 0.1) is 6.61 Å². The lowest BCUT2D eigenvalue weighted by molar-refractivity contribution is -0.142. The lowest BCUT2D eigenvalue weighted by Gasteiger charge is -2.30. The lowest BCUT2D eigenvalue weighted by atomic mass is 10.1. The Morgan fingerprint density at radius 2 is 1.57 bits per heavy atom. The molecule has 0 aliphatic heterocycles. The molecule has 0 amide bonds. The van der Waals surface area contributed by atoms with Gasteiger partial charge in [0.15, 0.2) is 0 Å². The zero-order valence-corrected chi connectivity index (χ0v) is 14.4. The first kappa shape index (κ1) is 16.2. The van der Waals surface area contributed by atoms with E-state index < -0.39 is 7.92 Å². The Labute approximate surface area is 139 Å². The summed E-state index contributed by atoms with van der Waals surface area (Å²) in [7, 11) is -0.413. The summed E-state index contributed by atoms with van der Waals surface area (Å²) < 4.78 is 5.35. The quantitative estimate of drug-likeness (QED) is 0.616. The van der Waals surface area contributed by atoms with Gasteiger partial charge in [-0.3, -0.25) is 4.79 Å². The first-order valence-electron chi connectivity index (χ1n) is 8.28. The molecule has 1 unspecified atom stereocenters. The second kappa shape index (κ2) is 7.75. The van der Waals surface area contributed by atoms with Crippen molar-refractivity contribution >= 4 is 24.5 Å². The molecule has 1 aliphatic carbocycles. The van der Waals surface area contributed by atoms with E-state index in [1.54, 1.807) is 0 Å². The van der Waals surface area contributed by atoms with Gasteiger partial charge in [-0.15, -0.1) is 0 Å². The molecule has 0 aromatic heterocycles. The number of benzene rings is 2. The maximum atomic E-state index is 11.2. The van der Waals surface area contributed by atoms with Gasteiger partial charge in [0.2, 0.25) is 0 Å². The van der Waals surface area contributed by atoms with Gasteiger partial charge >= 0.3 is 5.97 Å². The van der Waals surface area contributed by atoms with Gasteiger partial charge in [0.1, 0.15) is 0 Å². The molecule has 1 saturated carbocycles. The van der Waals surface area contributed by atoms with Crippen LogP contribution >= 0.6 is 7.92 Å². The van der Waals surface area contributed by atoms with E-state index in [9.17, 15) is 4.79 Å². The second-order valence-corrected chi connectivity index (χ2v) is 8.54. The van der Waals surface area contributed by atoms with Crippen LogP contribution in [0.3, 0.4) is 0 Å². The normalized spacial score (nSPS) is 20.6. The second-order valence-electron chi connectivity index (χ2n) is 6.10. The molecule has 0 radical (unpaired) electrons. The van der Waals surface area contributed by atoms with Crippen LogP contribution in [-0.2, 0) is 9.53 Å². The molecule has 3 rings (SSSR count). The van der Waals surface area contributed by atoms with Gasteiger partial charge in [0.25, 0.3) is 0 Å². The van der Waals surface area contributed by atoms with E-state index in [-0.39, 0.29) is 5.97 Å². The molecule has 1 fully saturated rings. The molecule has 120 valence electrons. The van der Waals surface area contributed by atoms with Crippen molar-refractivity contribution in [2.75, 3.05) is 6.61 Å². The minimum Gasteiger partial charge on any atom is -0.466 e. The molecule has 2 aromatic rings. The highest BCUT2D eigenvalue weighted by molar-refractivity contribution is 7.73. The predicted octanol–water partition coefficient (Wildman–Crippen LogP) is 3.85. The fraction of sp³-hybridized carbons (Fsp3) is 0.350. The zero-order valence-electron chi connectivity index (χ0n) is 13.5. The number of carbonyl (C=O) groups excluding carboxylic acids is 1. The van der Waals surface area contributed by atoms with Crippen LogP contribution in [0.4, 0.5) is 0 Å². The first-order valence-corrected chi connectivity index (χ1v) is 9.69. The Bertz CT molecular complexity index is 587. The monoisotopic (exact) mass is 326 g/mol. The van der Waals surface area contributed by atoms with E-state index in [0.29, 0.717) is 18.2 Å². The van der Waals surface area contributed by atoms with Crippen LogP contribution < -0.4 is 10.6 Å². The molecular weight excluding hydrogens is 303 g/mol. The molecule has 0 heterocycles. The van der Waals surface area contributed by atoms with Crippen molar-refractivity contribution in [3.63, 3.8) is 0 Å². The maximum absolute atomic E-state index is 11.2. The van der Waals surface area contributed by atoms with Crippen LogP contribution in [0.1, 0.15) is 26.2 Å². The summed E-state index contributed by atoms with van der Waals surface area (Å²) in [4.78, 5) is 11.2. The molecule has 23 heavy (non-hydrogen) atoms. The van der Waals surface area contributed by atoms with Gasteiger partial charge in [-0.05, 0) is 37.0 Å². The number of esters is 1. The van der Waals surface area contributed by atoms with E-state index in [1.807, 2.05) is 0 Å². The van der Waals surface area contributed by atoms with Gasteiger partial charge in [-0.1, -0.05) is 67.1 Å². The molecule has 0 spiro atoms. The van der Waals surface area contributed by atoms with Crippen LogP contribution in [0.25, 0.3) is 0 Å². The van der Waals surface area contributed by atoms with Crippen molar-refractivity contribution in [1.29, 1.82) is 0 Å². The maximum Gasteiger partial charge on any atom is 0.302 e. The molecule has 0 bridgehead atoms. The number of ether oxygens (including phenoxy) is 1. The summed E-state index contributed by atoms with van der Waals surface area (Å²) in [6.45, 7) is 2.07. The van der Waals surface area contributed by atoms with Gasteiger partial charge < -0.3 is 4.74 Å². The molecule has 2 nitrogen and oxygen atoms in total. The Kier molecular flexibility index (Phi) is 5.46. The number of hydrogen-bond donors (Lipinski definition) is 0. The fourth-order valence-corrected chi connectivity index (χ4v) is 6.63. The Morgan fingerprint density at radius 3 is 2.09 bits per heavy atom. The van der Waals surface area contributed by atoms with Crippen molar-refractivity contribution in [1.82, 2.24) is 0 Å². The molecular formula is C20H23O2P. The summed E-state index contributed by atoms with van der Waals surface area (Å²) in [5.74, 6) is 0.310. The van der Waals surface area contributed by atoms with Crippen LogP contribution in [-0.4, -0.2) is 18.2 Å². The van der Waals surface area contributed by atoms with Crippen LogP contribution in [0.2, 0.25) is 0 Å². The minimum atomic E-state index is -0.413. The van der Waals surface area contributed by atoms with E-state index in [2.05, 4.69) is 60.7 Å². The smallest absolute Gasteiger partial charge is 0.302 e. The highest BCUT2D eigenvalue weighted by atomic mass is 31.1. The summed E-state index contributed by atoms with van der Waals surface area (Å²) in [6.07, 6.45) is 3.62.